The fraction of sp³-hybridized carbons (Fsp3) is 0.120. The Morgan fingerprint density at radius 1 is 0.903 bits per heavy atom. The summed E-state index contributed by atoms with van der Waals surface area (Å²) in [7, 11) is 0. The van der Waals surface area contributed by atoms with Crippen molar-refractivity contribution in [3.8, 4) is 11.4 Å². The van der Waals surface area contributed by atoms with Crippen LogP contribution in [0.3, 0.4) is 0 Å². The molecule has 1 fully saturated rings. The monoisotopic (exact) mass is 426 g/mol. The van der Waals surface area contributed by atoms with E-state index >= 15 is 0 Å². The molecule has 6 heteroatoms. The van der Waals surface area contributed by atoms with Crippen molar-refractivity contribution in [3.05, 3.63) is 108 Å². The molecule has 2 N–H and O–H groups in total. The number of phenols is 1. The first kappa shape index (κ1) is 19.3. The first-order valence-corrected chi connectivity index (χ1v) is 10.6. The Bertz CT molecular complexity index is 1240. The molecule has 31 heavy (non-hydrogen) atoms. The van der Waals surface area contributed by atoms with Gasteiger partial charge in [-0.15, -0.1) is 0 Å². The summed E-state index contributed by atoms with van der Waals surface area (Å²) in [6.07, 6.45) is 3.86. The number of aromatic nitrogens is 2. The summed E-state index contributed by atoms with van der Waals surface area (Å²) >= 11 is 5.76. The molecule has 0 saturated carbocycles. The molecule has 0 amide bonds. The number of hydrogen-bond donors (Lipinski definition) is 2. The van der Waals surface area contributed by atoms with Gasteiger partial charge in [-0.1, -0.05) is 36.4 Å². The van der Waals surface area contributed by atoms with Gasteiger partial charge in [0.1, 0.15) is 11.8 Å². The standard InChI is InChI=1S/C25H22N4OS/c1-17-9-2-3-11-19(17)28-16-8-13-21(28)24-23(18-10-6-7-15-26-18)27-25(31)29(24)20-12-4-5-14-22(20)30/h2-16,23-24,30H,1H3,(H,27,31). The molecule has 0 bridgehead atoms. The number of pyridine rings is 1. The van der Waals surface area contributed by atoms with Crippen molar-refractivity contribution in [2.24, 2.45) is 0 Å². The van der Waals surface area contributed by atoms with Gasteiger partial charge in [-0.25, -0.2) is 0 Å². The molecule has 5 rings (SSSR count). The third-order valence-electron chi connectivity index (χ3n) is 5.70. The van der Waals surface area contributed by atoms with Gasteiger partial charge in [-0.3, -0.25) is 4.98 Å². The Kier molecular flexibility index (Phi) is 4.92. The molecule has 3 heterocycles. The first-order valence-electron chi connectivity index (χ1n) is 10.2. The second kappa shape index (κ2) is 7.89. The van der Waals surface area contributed by atoms with E-state index in [1.807, 2.05) is 59.5 Å². The zero-order valence-electron chi connectivity index (χ0n) is 17.0. The number of aryl methyl sites for hydroxylation is 1. The van der Waals surface area contributed by atoms with Crippen molar-refractivity contribution in [1.29, 1.82) is 0 Å². The SMILES string of the molecule is Cc1ccccc1-n1cccc1C1C(c2ccccn2)NC(=S)N1c1ccccc1O. The van der Waals surface area contributed by atoms with E-state index in [1.54, 1.807) is 12.3 Å². The van der Waals surface area contributed by atoms with Gasteiger partial charge in [0.25, 0.3) is 0 Å². The van der Waals surface area contributed by atoms with E-state index in [0.29, 0.717) is 10.8 Å². The second-order valence-electron chi connectivity index (χ2n) is 7.57. The van der Waals surface area contributed by atoms with Crippen LogP contribution in [0.15, 0.2) is 91.3 Å². The molecular weight excluding hydrogens is 404 g/mol. The van der Waals surface area contributed by atoms with Crippen molar-refractivity contribution in [3.63, 3.8) is 0 Å². The number of thiocarbonyl (C=S) groups is 1. The third-order valence-corrected chi connectivity index (χ3v) is 6.01. The molecule has 1 aliphatic rings. The van der Waals surface area contributed by atoms with Crippen LogP contribution in [-0.2, 0) is 0 Å². The van der Waals surface area contributed by atoms with Crippen LogP contribution in [0.5, 0.6) is 5.75 Å². The van der Waals surface area contributed by atoms with Gasteiger partial charge in [0, 0.05) is 23.8 Å². The number of hydrogen-bond acceptors (Lipinski definition) is 3. The van der Waals surface area contributed by atoms with Crippen LogP contribution in [0, 0.1) is 6.92 Å². The molecule has 1 saturated heterocycles. The Morgan fingerprint density at radius 3 is 2.39 bits per heavy atom. The number of para-hydroxylation sites is 3. The molecule has 2 aromatic heterocycles. The topological polar surface area (TPSA) is 53.3 Å². The number of aromatic hydroxyl groups is 1. The first-order chi connectivity index (χ1) is 15.1. The predicted octanol–water partition coefficient (Wildman–Crippen LogP) is 5.06. The quantitative estimate of drug-likeness (QED) is 0.447. The van der Waals surface area contributed by atoms with Gasteiger partial charge in [0.05, 0.1) is 17.4 Å². The molecular formula is C25H22N4OS. The van der Waals surface area contributed by atoms with E-state index in [-0.39, 0.29) is 17.8 Å². The normalized spacial score (nSPS) is 18.2. The lowest BCUT2D eigenvalue weighted by atomic mass is 10.0. The Hall–Kier alpha value is -3.64. The summed E-state index contributed by atoms with van der Waals surface area (Å²) in [4.78, 5) is 6.60. The maximum absolute atomic E-state index is 10.6. The molecule has 4 aromatic rings. The lowest BCUT2D eigenvalue weighted by Gasteiger charge is -2.29. The van der Waals surface area contributed by atoms with E-state index in [1.165, 1.54) is 5.56 Å². The second-order valence-corrected chi connectivity index (χ2v) is 7.96. The Morgan fingerprint density at radius 2 is 1.65 bits per heavy atom. The van der Waals surface area contributed by atoms with Crippen LogP contribution in [0.2, 0.25) is 0 Å². The van der Waals surface area contributed by atoms with Crippen molar-refractivity contribution >= 4 is 23.0 Å². The summed E-state index contributed by atoms with van der Waals surface area (Å²) in [5.74, 6) is 0.187. The lowest BCUT2D eigenvalue weighted by molar-refractivity contribution is 0.472. The lowest BCUT2D eigenvalue weighted by Crippen LogP contribution is -2.30. The Balaban J connectivity index is 1.71. The fourth-order valence-electron chi connectivity index (χ4n) is 4.27. The van der Waals surface area contributed by atoms with Gasteiger partial charge in [-0.2, -0.15) is 0 Å². The van der Waals surface area contributed by atoms with Gasteiger partial charge >= 0.3 is 0 Å². The van der Waals surface area contributed by atoms with Gasteiger partial charge < -0.3 is 19.9 Å². The predicted molar refractivity (Wildman–Crippen MR) is 127 cm³/mol. The van der Waals surface area contributed by atoms with E-state index in [2.05, 4.69) is 46.2 Å². The third kappa shape index (κ3) is 3.35. The van der Waals surface area contributed by atoms with Gasteiger partial charge in [0.2, 0.25) is 0 Å². The highest BCUT2D eigenvalue weighted by atomic mass is 32.1. The molecule has 0 aliphatic carbocycles. The summed E-state index contributed by atoms with van der Waals surface area (Å²) in [5, 5.41) is 14.6. The zero-order valence-corrected chi connectivity index (χ0v) is 17.8. The summed E-state index contributed by atoms with van der Waals surface area (Å²) < 4.78 is 2.19. The fourth-order valence-corrected chi connectivity index (χ4v) is 4.61. The van der Waals surface area contributed by atoms with E-state index in [4.69, 9.17) is 12.2 Å². The van der Waals surface area contributed by atoms with E-state index in [0.717, 1.165) is 17.1 Å². The van der Waals surface area contributed by atoms with Crippen LogP contribution in [-0.4, -0.2) is 19.8 Å². The number of nitrogens with zero attached hydrogens (tertiary/aromatic N) is 3. The highest BCUT2D eigenvalue weighted by Gasteiger charge is 2.43. The molecule has 2 atom stereocenters. The maximum Gasteiger partial charge on any atom is 0.174 e. The van der Waals surface area contributed by atoms with Gasteiger partial charge in [-0.05, 0) is 67.2 Å². The maximum atomic E-state index is 10.6. The van der Waals surface area contributed by atoms with Gasteiger partial charge in [0.15, 0.2) is 5.11 Å². The minimum Gasteiger partial charge on any atom is -0.506 e. The summed E-state index contributed by atoms with van der Waals surface area (Å²) in [6.45, 7) is 2.10. The number of phenolic OH excluding ortho intramolecular Hbond substituents is 1. The number of rotatable bonds is 4. The minimum absolute atomic E-state index is 0.175. The number of benzene rings is 2. The zero-order chi connectivity index (χ0) is 21.4. The molecule has 2 aromatic carbocycles. The van der Waals surface area contributed by atoms with Crippen LogP contribution in [0.1, 0.15) is 29.0 Å². The van der Waals surface area contributed by atoms with E-state index in [9.17, 15) is 5.11 Å². The number of nitrogens with one attached hydrogen (secondary N) is 1. The molecule has 0 spiro atoms. The smallest absolute Gasteiger partial charge is 0.174 e. The average molecular weight is 427 g/mol. The molecule has 154 valence electrons. The van der Waals surface area contributed by atoms with Crippen molar-refractivity contribution in [2.75, 3.05) is 4.90 Å². The van der Waals surface area contributed by atoms with Crippen molar-refractivity contribution in [1.82, 2.24) is 14.9 Å². The van der Waals surface area contributed by atoms with Crippen LogP contribution in [0.25, 0.3) is 5.69 Å². The van der Waals surface area contributed by atoms with E-state index < -0.39 is 0 Å². The highest BCUT2D eigenvalue weighted by Crippen LogP contribution is 2.44. The number of anilines is 1. The summed E-state index contributed by atoms with van der Waals surface area (Å²) in [6, 6.07) is 25.2. The van der Waals surface area contributed by atoms with Crippen LogP contribution in [0.4, 0.5) is 5.69 Å². The molecule has 0 radical (unpaired) electrons. The van der Waals surface area contributed by atoms with Crippen LogP contribution < -0.4 is 10.2 Å². The van der Waals surface area contributed by atoms with Crippen molar-refractivity contribution in [2.45, 2.75) is 19.0 Å². The average Bonchev–Trinajstić information content (AvgIpc) is 3.39. The molecule has 5 nitrogen and oxygen atoms in total. The van der Waals surface area contributed by atoms with Crippen LogP contribution >= 0.6 is 12.2 Å². The highest BCUT2D eigenvalue weighted by molar-refractivity contribution is 7.80. The summed E-state index contributed by atoms with van der Waals surface area (Å²) in [5.41, 5.74) is 4.90. The minimum atomic E-state index is -0.203. The molecule has 1 aliphatic heterocycles. The van der Waals surface area contributed by atoms with Crippen molar-refractivity contribution < 1.29 is 5.11 Å². The largest absolute Gasteiger partial charge is 0.506 e. The molecule has 2 unspecified atom stereocenters. The Labute approximate surface area is 186 Å².